The van der Waals surface area contributed by atoms with Gasteiger partial charge in [-0.05, 0) is 23.8 Å². The van der Waals surface area contributed by atoms with E-state index < -0.39 is 11.9 Å². The summed E-state index contributed by atoms with van der Waals surface area (Å²) in [7, 11) is 1.28. The van der Waals surface area contributed by atoms with Crippen molar-refractivity contribution in [3.8, 4) is 0 Å². The van der Waals surface area contributed by atoms with Gasteiger partial charge in [-0.15, -0.1) is 0 Å². The lowest BCUT2D eigenvalue weighted by Gasteiger charge is -2.25. The van der Waals surface area contributed by atoms with Crippen molar-refractivity contribution in [3.05, 3.63) is 59.7 Å². The molecule has 2 N–H and O–H groups in total. The standard InChI is InChI=1S/C18H16N2O4/c1-24-18(23)12-7-3-5-9-15(12)20-17(22)13-10-16(21)19-14-8-4-2-6-11(13)14/h2-9,13H,10H2,1H3,(H,19,21)(H,20,22). The van der Waals surface area contributed by atoms with Crippen LogP contribution in [-0.4, -0.2) is 24.9 Å². The Kier molecular flexibility index (Phi) is 4.29. The van der Waals surface area contributed by atoms with E-state index >= 15 is 0 Å². The highest BCUT2D eigenvalue weighted by atomic mass is 16.5. The average Bonchev–Trinajstić information content (AvgIpc) is 2.60. The molecule has 0 spiro atoms. The van der Waals surface area contributed by atoms with E-state index in [1.807, 2.05) is 12.1 Å². The van der Waals surface area contributed by atoms with Crippen molar-refractivity contribution in [2.45, 2.75) is 12.3 Å². The number of carbonyl (C=O) groups is 3. The van der Waals surface area contributed by atoms with Crippen molar-refractivity contribution in [1.29, 1.82) is 0 Å². The zero-order chi connectivity index (χ0) is 17.1. The Labute approximate surface area is 138 Å². The molecule has 0 saturated carbocycles. The van der Waals surface area contributed by atoms with Crippen LogP contribution < -0.4 is 10.6 Å². The molecular weight excluding hydrogens is 308 g/mol. The number of hydrogen-bond donors (Lipinski definition) is 2. The van der Waals surface area contributed by atoms with Crippen molar-refractivity contribution in [1.82, 2.24) is 0 Å². The van der Waals surface area contributed by atoms with Crippen LogP contribution >= 0.6 is 0 Å². The van der Waals surface area contributed by atoms with Gasteiger partial charge in [-0.3, -0.25) is 9.59 Å². The Morgan fingerprint density at radius 1 is 1.12 bits per heavy atom. The highest BCUT2D eigenvalue weighted by Gasteiger charge is 2.31. The van der Waals surface area contributed by atoms with Crippen LogP contribution in [0.1, 0.15) is 28.3 Å². The molecule has 0 fully saturated rings. The number of hydrogen-bond acceptors (Lipinski definition) is 4. The third kappa shape index (κ3) is 2.99. The summed E-state index contributed by atoms with van der Waals surface area (Å²) < 4.78 is 4.72. The van der Waals surface area contributed by atoms with Gasteiger partial charge in [-0.2, -0.15) is 0 Å². The van der Waals surface area contributed by atoms with Gasteiger partial charge in [0.05, 0.1) is 24.3 Å². The molecule has 0 saturated heterocycles. The van der Waals surface area contributed by atoms with Crippen molar-refractivity contribution in [3.63, 3.8) is 0 Å². The summed E-state index contributed by atoms with van der Waals surface area (Å²) in [6.45, 7) is 0. The van der Waals surface area contributed by atoms with Gasteiger partial charge in [0.1, 0.15) is 0 Å². The molecule has 1 atom stereocenters. The van der Waals surface area contributed by atoms with Crippen LogP contribution in [0.15, 0.2) is 48.5 Å². The summed E-state index contributed by atoms with van der Waals surface area (Å²) >= 11 is 0. The molecule has 2 aromatic rings. The number of benzene rings is 2. The molecule has 122 valence electrons. The molecule has 0 radical (unpaired) electrons. The number of fused-ring (bicyclic) bond motifs is 1. The topological polar surface area (TPSA) is 84.5 Å². The number of esters is 1. The number of amides is 2. The largest absolute Gasteiger partial charge is 0.465 e. The number of para-hydroxylation sites is 2. The van der Waals surface area contributed by atoms with Crippen LogP contribution in [0, 0.1) is 0 Å². The highest BCUT2D eigenvalue weighted by molar-refractivity contribution is 6.07. The maximum Gasteiger partial charge on any atom is 0.339 e. The number of anilines is 2. The first-order valence-corrected chi connectivity index (χ1v) is 7.47. The summed E-state index contributed by atoms with van der Waals surface area (Å²) in [5.41, 5.74) is 2.01. The Morgan fingerprint density at radius 2 is 1.83 bits per heavy atom. The number of rotatable bonds is 3. The fourth-order valence-corrected chi connectivity index (χ4v) is 2.75. The number of carbonyl (C=O) groups excluding carboxylic acids is 3. The van der Waals surface area contributed by atoms with Crippen molar-refractivity contribution in [2.24, 2.45) is 0 Å². The van der Waals surface area contributed by atoms with Crippen molar-refractivity contribution < 1.29 is 19.1 Å². The second-order valence-electron chi connectivity index (χ2n) is 5.42. The summed E-state index contributed by atoms with van der Waals surface area (Å²) in [6, 6.07) is 13.8. The van der Waals surface area contributed by atoms with Crippen LogP contribution in [0.4, 0.5) is 11.4 Å². The summed E-state index contributed by atoms with van der Waals surface area (Å²) in [5, 5.41) is 5.49. The van der Waals surface area contributed by atoms with Gasteiger partial charge in [-0.25, -0.2) is 4.79 Å². The minimum Gasteiger partial charge on any atom is -0.465 e. The second kappa shape index (κ2) is 6.54. The average molecular weight is 324 g/mol. The zero-order valence-electron chi connectivity index (χ0n) is 13.0. The molecule has 0 aromatic heterocycles. The fourth-order valence-electron chi connectivity index (χ4n) is 2.75. The van der Waals surface area contributed by atoms with E-state index in [-0.39, 0.29) is 23.8 Å². The van der Waals surface area contributed by atoms with E-state index in [0.29, 0.717) is 11.4 Å². The molecule has 1 heterocycles. The second-order valence-corrected chi connectivity index (χ2v) is 5.42. The van der Waals surface area contributed by atoms with Gasteiger partial charge >= 0.3 is 5.97 Å². The normalized spacial score (nSPS) is 15.9. The summed E-state index contributed by atoms with van der Waals surface area (Å²) in [5.74, 6) is -1.70. The van der Waals surface area contributed by atoms with Crippen molar-refractivity contribution >= 4 is 29.2 Å². The SMILES string of the molecule is COC(=O)c1ccccc1NC(=O)C1CC(=O)Nc2ccccc21. The number of ether oxygens (including phenoxy) is 1. The minimum atomic E-state index is -0.611. The lowest BCUT2D eigenvalue weighted by Crippen LogP contribution is -2.31. The van der Waals surface area contributed by atoms with E-state index in [4.69, 9.17) is 4.74 Å². The predicted molar refractivity (Wildman–Crippen MR) is 88.8 cm³/mol. The molecule has 1 aliphatic rings. The first-order valence-electron chi connectivity index (χ1n) is 7.47. The lowest BCUT2D eigenvalue weighted by atomic mass is 9.89. The third-order valence-electron chi connectivity index (χ3n) is 3.91. The number of methoxy groups -OCH3 is 1. The fraction of sp³-hybridized carbons (Fsp3) is 0.167. The van der Waals surface area contributed by atoms with Gasteiger partial charge in [0, 0.05) is 12.1 Å². The van der Waals surface area contributed by atoms with Gasteiger partial charge in [0.2, 0.25) is 11.8 Å². The first-order chi connectivity index (χ1) is 11.6. The molecule has 0 aliphatic carbocycles. The van der Waals surface area contributed by atoms with Crippen LogP contribution in [-0.2, 0) is 14.3 Å². The lowest BCUT2D eigenvalue weighted by molar-refractivity contribution is -0.123. The zero-order valence-corrected chi connectivity index (χ0v) is 13.0. The van der Waals surface area contributed by atoms with Gasteiger partial charge < -0.3 is 15.4 Å². The summed E-state index contributed by atoms with van der Waals surface area (Å²) in [4.78, 5) is 36.3. The Morgan fingerprint density at radius 3 is 2.62 bits per heavy atom. The first kappa shape index (κ1) is 15.7. The molecular formula is C18H16N2O4. The maximum absolute atomic E-state index is 12.7. The molecule has 2 aromatic carbocycles. The molecule has 1 unspecified atom stereocenters. The minimum absolute atomic E-state index is 0.0588. The van der Waals surface area contributed by atoms with Crippen LogP contribution in [0.2, 0.25) is 0 Å². The van der Waals surface area contributed by atoms with Gasteiger partial charge in [-0.1, -0.05) is 30.3 Å². The molecule has 0 bridgehead atoms. The van der Waals surface area contributed by atoms with E-state index in [1.54, 1.807) is 36.4 Å². The van der Waals surface area contributed by atoms with E-state index in [1.165, 1.54) is 7.11 Å². The van der Waals surface area contributed by atoms with Gasteiger partial charge in [0.25, 0.3) is 0 Å². The Bertz CT molecular complexity index is 816. The van der Waals surface area contributed by atoms with Crippen LogP contribution in [0.3, 0.4) is 0 Å². The molecule has 6 nitrogen and oxygen atoms in total. The number of nitrogens with one attached hydrogen (secondary N) is 2. The monoisotopic (exact) mass is 324 g/mol. The highest BCUT2D eigenvalue weighted by Crippen LogP contribution is 2.33. The molecule has 3 rings (SSSR count). The maximum atomic E-state index is 12.7. The quantitative estimate of drug-likeness (QED) is 0.850. The third-order valence-corrected chi connectivity index (χ3v) is 3.91. The predicted octanol–water partition coefficient (Wildman–Crippen LogP) is 2.54. The molecule has 2 amide bonds. The molecule has 6 heteroatoms. The van der Waals surface area contributed by atoms with Gasteiger partial charge in [0.15, 0.2) is 0 Å². The molecule has 24 heavy (non-hydrogen) atoms. The molecule has 1 aliphatic heterocycles. The van der Waals surface area contributed by atoms with Crippen LogP contribution in [0.25, 0.3) is 0 Å². The van der Waals surface area contributed by atoms with E-state index in [9.17, 15) is 14.4 Å². The smallest absolute Gasteiger partial charge is 0.339 e. The van der Waals surface area contributed by atoms with E-state index in [0.717, 1.165) is 5.56 Å². The summed E-state index contributed by atoms with van der Waals surface area (Å²) in [6.07, 6.45) is 0.0588. The van der Waals surface area contributed by atoms with Crippen LogP contribution in [0.5, 0.6) is 0 Å². The van der Waals surface area contributed by atoms with Crippen molar-refractivity contribution in [2.75, 3.05) is 17.7 Å². The van der Waals surface area contributed by atoms with E-state index in [2.05, 4.69) is 10.6 Å². The Hall–Kier alpha value is -3.15. The Balaban J connectivity index is 1.89.